The Morgan fingerprint density at radius 3 is 2.38 bits per heavy atom. The highest BCUT2D eigenvalue weighted by Gasteiger charge is 2.39. The van der Waals surface area contributed by atoms with Crippen molar-refractivity contribution in [1.82, 2.24) is 10.3 Å². The van der Waals surface area contributed by atoms with E-state index in [0.717, 1.165) is 12.1 Å². The van der Waals surface area contributed by atoms with E-state index in [9.17, 15) is 21.6 Å². The van der Waals surface area contributed by atoms with Crippen LogP contribution in [0, 0.1) is 0 Å². The number of nitrogens with zero attached hydrogens (tertiary/aromatic N) is 2. The van der Waals surface area contributed by atoms with Gasteiger partial charge in [-0.15, -0.1) is 0 Å². The number of methoxy groups -OCH3 is 1. The van der Waals surface area contributed by atoms with Gasteiger partial charge < -0.3 is 15.0 Å². The number of allylic oxidation sites excluding steroid dienone is 6. The minimum absolute atomic E-state index is 0.0203. The molecule has 0 fully saturated rings. The highest BCUT2D eigenvalue weighted by atomic mass is 35.7. The van der Waals surface area contributed by atoms with E-state index in [1.807, 2.05) is 30.4 Å². The summed E-state index contributed by atoms with van der Waals surface area (Å²) in [5.41, 5.74) is 1.53. The average Bonchev–Trinajstić information content (AvgIpc) is 3.67. The van der Waals surface area contributed by atoms with Crippen LogP contribution in [-0.2, 0) is 20.8 Å². The molecule has 2 N–H and O–H groups in total. The molecule has 1 unspecified atom stereocenters. The third-order valence-electron chi connectivity index (χ3n) is 6.77. The maximum Gasteiger partial charge on any atom is 0.416 e. The summed E-state index contributed by atoms with van der Waals surface area (Å²) in [5, 5.41) is 3.95. The first-order chi connectivity index (χ1) is 18.9. The molecule has 1 aromatic heterocycles. The summed E-state index contributed by atoms with van der Waals surface area (Å²) < 4.78 is 71.1. The molecule has 0 amide bonds. The number of rotatable bonds is 3. The number of alkyl halides is 3. The van der Waals surface area contributed by atoms with Crippen molar-refractivity contribution in [2.45, 2.75) is 23.0 Å². The van der Waals surface area contributed by atoms with E-state index >= 15 is 0 Å². The molecule has 5 heterocycles. The lowest BCUT2D eigenvalue weighted by atomic mass is 9.86. The van der Waals surface area contributed by atoms with Gasteiger partial charge in [-0.05, 0) is 73.2 Å². The molecular weight excluding hydrogens is 565 g/mol. The summed E-state index contributed by atoms with van der Waals surface area (Å²) in [6, 6.07) is 4.61. The summed E-state index contributed by atoms with van der Waals surface area (Å²) >= 11 is 0. The van der Waals surface area contributed by atoms with Crippen molar-refractivity contribution in [3.8, 4) is 5.75 Å². The fourth-order valence-electron chi connectivity index (χ4n) is 5.00. The largest absolute Gasteiger partial charge is 0.496 e. The number of aliphatic imine (C=N–C) groups is 2. The van der Waals surface area contributed by atoms with Crippen LogP contribution in [-0.4, -0.2) is 31.9 Å². The molecule has 2 aromatic rings. The summed E-state index contributed by atoms with van der Waals surface area (Å²) in [6.07, 6.45) is 11.7. The second-order valence-electron chi connectivity index (χ2n) is 9.48. The van der Waals surface area contributed by atoms with Gasteiger partial charge in [-0.25, -0.2) is 18.4 Å². The van der Waals surface area contributed by atoms with Gasteiger partial charge in [-0.1, -0.05) is 12.1 Å². The minimum atomic E-state index is -4.58. The van der Waals surface area contributed by atoms with Crippen molar-refractivity contribution in [3.63, 3.8) is 0 Å². The first-order valence-electron chi connectivity index (χ1n) is 12.0. The number of aromatic nitrogens is 1. The third-order valence-corrected chi connectivity index (χ3v) is 8.14. The average molecular weight is 585 g/mol. The molecule has 0 aliphatic carbocycles. The monoisotopic (exact) mass is 584 g/mol. The zero-order chi connectivity index (χ0) is 28.3. The topological polar surface area (TPSA) is 95.9 Å². The predicted octanol–water partition coefficient (Wildman–Crippen LogP) is 4.11. The summed E-state index contributed by atoms with van der Waals surface area (Å²) in [7, 11) is 2.89. The molecule has 1 aromatic carbocycles. The van der Waals surface area contributed by atoms with E-state index in [2.05, 4.69) is 20.3 Å². The number of aromatic amines is 1. The number of hydrogen-bond acceptors (Lipinski definition) is 6. The highest BCUT2D eigenvalue weighted by molar-refractivity contribution is 8.13. The summed E-state index contributed by atoms with van der Waals surface area (Å²) in [5.74, 6) is -0.0203. The van der Waals surface area contributed by atoms with Crippen molar-refractivity contribution in [1.29, 1.82) is 0 Å². The van der Waals surface area contributed by atoms with E-state index in [1.165, 1.54) is 19.2 Å². The van der Waals surface area contributed by atoms with Gasteiger partial charge in [0.2, 0.25) is 0 Å². The van der Waals surface area contributed by atoms with E-state index < -0.39 is 26.3 Å². The maximum atomic E-state index is 13.5. The molecule has 40 heavy (non-hydrogen) atoms. The first-order valence-corrected chi connectivity index (χ1v) is 14.3. The van der Waals surface area contributed by atoms with Crippen molar-refractivity contribution in [3.05, 3.63) is 106 Å². The van der Waals surface area contributed by atoms with Crippen LogP contribution < -0.4 is 20.8 Å². The van der Waals surface area contributed by atoms with Gasteiger partial charge >= 0.3 is 6.18 Å². The van der Waals surface area contributed by atoms with Crippen LogP contribution in [0.25, 0.3) is 12.2 Å². The van der Waals surface area contributed by atoms with E-state index in [-0.39, 0.29) is 22.4 Å². The maximum absolute atomic E-state index is 13.5. The van der Waals surface area contributed by atoms with Crippen molar-refractivity contribution >= 4 is 43.3 Å². The highest BCUT2D eigenvalue weighted by Crippen LogP contribution is 2.42. The van der Waals surface area contributed by atoms with Gasteiger partial charge in [0, 0.05) is 27.3 Å². The minimum Gasteiger partial charge on any atom is -0.496 e. The van der Waals surface area contributed by atoms with Crippen LogP contribution in [0.15, 0.2) is 98.8 Å². The molecule has 1 atom stereocenters. The number of fused-ring (bicyclic) bond motifs is 6. The van der Waals surface area contributed by atoms with Crippen molar-refractivity contribution < 1.29 is 26.3 Å². The van der Waals surface area contributed by atoms with Gasteiger partial charge in [-0.2, -0.15) is 13.2 Å². The Morgan fingerprint density at radius 2 is 1.70 bits per heavy atom. The molecule has 204 valence electrons. The molecule has 0 saturated carbocycles. The third kappa shape index (κ3) is 4.86. The molecule has 12 heteroatoms. The van der Waals surface area contributed by atoms with Crippen LogP contribution >= 0.6 is 10.7 Å². The molecular formula is C28H20ClF3N4O3S. The van der Waals surface area contributed by atoms with Crippen LogP contribution in [0.5, 0.6) is 5.75 Å². The lowest BCUT2D eigenvalue weighted by molar-refractivity contribution is -0.137. The van der Waals surface area contributed by atoms with Crippen LogP contribution in [0.2, 0.25) is 0 Å². The van der Waals surface area contributed by atoms with Gasteiger partial charge in [-0.3, -0.25) is 0 Å². The predicted molar refractivity (Wildman–Crippen MR) is 147 cm³/mol. The second-order valence-corrected chi connectivity index (χ2v) is 12.0. The number of ether oxygens (including phenoxy) is 1. The fraction of sp³-hybridized carbons (Fsp3) is 0.143. The Hall–Kier alpha value is -4.09. The molecule has 4 aliphatic rings. The number of halogens is 4. The van der Waals surface area contributed by atoms with Gasteiger partial charge in [0.15, 0.2) is 0 Å². The lowest BCUT2D eigenvalue weighted by Crippen LogP contribution is -2.38. The van der Waals surface area contributed by atoms with E-state index in [1.54, 1.807) is 24.3 Å². The van der Waals surface area contributed by atoms with Crippen molar-refractivity contribution in [2.24, 2.45) is 9.98 Å². The van der Waals surface area contributed by atoms with Crippen LogP contribution in [0.1, 0.15) is 17.5 Å². The number of nitrogens with one attached hydrogen (secondary N) is 2. The Morgan fingerprint density at radius 1 is 1.00 bits per heavy atom. The SMILES string of the molecule is COc1cc(C(F)(F)F)ccc1C12C=c3[nH]c(cc3S(=O)(=O)Cl)=CC3=NC(=CC4=NC(=CC(=CC1)N2)C=C4)C=C3. The molecule has 0 saturated heterocycles. The Labute approximate surface area is 231 Å². The first kappa shape index (κ1) is 26.1. The molecule has 6 rings (SSSR count). The van der Waals surface area contributed by atoms with Crippen LogP contribution in [0.4, 0.5) is 13.2 Å². The van der Waals surface area contributed by atoms with E-state index in [0.29, 0.717) is 39.4 Å². The number of H-pyrrole nitrogens is 1. The Kier molecular flexibility index (Phi) is 6.04. The second kappa shape index (κ2) is 9.24. The summed E-state index contributed by atoms with van der Waals surface area (Å²) in [4.78, 5) is 12.1. The zero-order valence-corrected chi connectivity index (χ0v) is 22.3. The lowest BCUT2D eigenvalue weighted by Gasteiger charge is -2.30. The standard InChI is InChI=1S/C28H20ClF3N4O3S/c1-39-25-10-16(28(30,31)32)2-7-23(25)27-9-8-21(36-27)12-19-5-3-17(33-19)11-18-4-6-20(34-18)13-22-14-26(40(29,37)38)24(15-27)35-22/h2-8,10-15,35-36H,9H2,1H3. The van der Waals surface area contributed by atoms with Gasteiger partial charge in [0.25, 0.3) is 9.05 Å². The fourth-order valence-corrected chi connectivity index (χ4v) is 6.02. The number of hydrogen-bond donors (Lipinski definition) is 2. The smallest absolute Gasteiger partial charge is 0.416 e. The quantitative estimate of drug-likeness (QED) is 0.531. The van der Waals surface area contributed by atoms with Crippen LogP contribution in [0.3, 0.4) is 0 Å². The van der Waals surface area contributed by atoms with E-state index in [4.69, 9.17) is 15.4 Å². The Balaban J connectivity index is 1.63. The number of benzene rings is 1. The van der Waals surface area contributed by atoms with Crippen molar-refractivity contribution in [2.75, 3.05) is 7.11 Å². The molecule has 7 nitrogen and oxygen atoms in total. The molecule has 0 radical (unpaired) electrons. The zero-order valence-electron chi connectivity index (χ0n) is 20.8. The van der Waals surface area contributed by atoms with Gasteiger partial charge in [0.05, 0.1) is 46.4 Å². The Bertz CT molecular complexity index is 1910. The normalized spacial score (nSPS) is 21.5. The molecule has 4 aliphatic heterocycles. The molecule has 0 spiro atoms. The molecule has 8 bridgehead atoms. The summed E-state index contributed by atoms with van der Waals surface area (Å²) in [6.45, 7) is 0. The van der Waals surface area contributed by atoms with Gasteiger partial charge in [0.1, 0.15) is 10.6 Å².